The number of allylic oxidation sites excluding steroid dienone is 3. The van der Waals surface area contributed by atoms with Gasteiger partial charge in [0.2, 0.25) is 0 Å². The summed E-state index contributed by atoms with van der Waals surface area (Å²) in [5.74, 6) is 3.60. The van der Waals surface area contributed by atoms with Gasteiger partial charge in [-0.05, 0) is 91.1 Å². The van der Waals surface area contributed by atoms with Crippen LogP contribution in [0, 0.1) is 34.5 Å². The minimum absolute atomic E-state index is 0.104. The van der Waals surface area contributed by atoms with Crippen LogP contribution >= 0.6 is 0 Å². The molecule has 3 N–H and O–H groups in total. The zero-order chi connectivity index (χ0) is 27.4. The summed E-state index contributed by atoms with van der Waals surface area (Å²) < 4.78 is 78.1. The van der Waals surface area contributed by atoms with E-state index in [0.717, 1.165) is 43.6 Å². The second-order valence-corrected chi connectivity index (χ2v) is 11.7. The van der Waals surface area contributed by atoms with Crippen LogP contribution in [0.4, 0.5) is 26.3 Å². The average molecular weight is 533 g/mol. The monoisotopic (exact) mass is 532 g/mol. The Morgan fingerprint density at radius 2 is 1.68 bits per heavy atom. The molecule has 0 aliphatic heterocycles. The fourth-order valence-electron chi connectivity index (χ4n) is 7.17. The number of aliphatic hydroxyl groups is 3. The summed E-state index contributed by atoms with van der Waals surface area (Å²) in [6, 6.07) is 0. The van der Waals surface area contributed by atoms with E-state index in [1.54, 1.807) is 0 Å². The Bertz CT molecular complexity index is 1020. The van der Waals surface area contributed by atoms with Crippen LogP contribution < -0.4 is 0 Å². The number of hydrogen-bond acceptors (Lipinski definition) is 3. The van der Waals surface area contributed by atoms with Gasteiger partial charge in [0.15, 0.2) is 0 Å². The molecule has 5 atom stereocenters. The quantitative estimate of drug-likeness (QED) is 0.302. The minimum Gasteiger partial charge on any atom is -0.393 e. The molecule has 0 saturated heterocycles. The van der Waals surface area contributed by atoms with Gasteiger partial charge in [-0.1, -0.05) is 37.1 Å². The molecule has 4 saturated carbocycles. The van der Waals surface area contributed by atoms with Crippen molar-refractivity contribution >= 4 is 0 Å². The van der Waals surface area contributed by atoms with Gasteiger partial charge >= 0.3 is 18.0 Å². The minimum atomic E-state index is -5.94. The molecular weight excluding hydrogens is 498 g/mol. The van der Waals surface area contributed by atoms with Crippen molar-refractivity contribution < 1.29 is 41.7 Å². The Kier molecular flexibility index (Phi) is 7.22. The SMILES string of the molecule is C=C1C(=CC=C2CCC[C@]3(C)[C@@H](C4(CC#CC(O)(C(F)(F)F)C(F)(F)F)CC4)CC[C@@H]23)C[C@@H](O)C[C@@H]1O. The first kappa shape index (κ1) is 28.3. The molecule has 0 unspecified atom stereocenters. The van der Waals surface area contributed by atoms with Crippen molar-refractivity contribution in [3.8, 4) is 11.8 Å². The van der Waals surface area contributed by atoms with Gasteiger partial charge in [-0.25, -0.2) is 0 Å². The van der Waals surface area contributed by atoms with Gasteiger partial charge < -0.3 is 15.3 Å². The highest BCUT2D eigenvalue weighted by Gasteiger charge is 2.70. The zero-order valence-corrected chi connectivity index (χ0v) is 20.9. The first-order valence-corrected chi connectivity index (χ1v) is 12.8. The van der Waals surface area contributed by atoms with Crippen molar-refractivity contribution in [1.29, 1.82) is 0 Å². The van der Waals surface area contributed by atoms with E-state index < -0.39 is 35.6 Å². The van der Waals surface area contributed by atoms with E-state index in [0.29, 0.717) is 24.8 Å². The summed E-state index contributed by atoms with van der Waals surface area (Å²) in [4.78, 5) is 0. The second-order valence-electron chi connectivity index (χ2n) is 11.7. The fraction of sp³-hybridized carbons (Fsp3) is 0.714. The predicted molar refractivity (Wildman–Crippen MR) is 126 cm³/mol. The lowest BCUT2D eigenvalue weighted by molar-refractivity contribution is -0.343. The molecule has 206 valence electrons. The summed E-state index contributed by atoms with van der Waals surface area (Å²) in [7, 11) is 0. The Balaban J connectivity index is 1.54. The van der Waals surface area contributed by atoms with Crippen molar-refractivity contribution in [1.82, 2.24) is 0 Å². The van der Waals surface area contributed by atoms with Gasteiger partial charge in [-0.3, -0.25) is 0 Å². The summed E-state index contributed by atoms with van der Waals surface area (Å²) in [5, 5.41) is 29.5. The summed E-state index contributed by atoms with van der Waals surface area (Å²) in [5.41, 5.74) is -2.93. The average Bonchev–Trinajstić information content (AvgIpc) is 3.46. The van der Waals surface area contributed by atoms with Gasteiger partial charge in [-0.15, -0.1) is 0 Å². The number of aliphatic hydroxyl groups excluding tert-OH is 2. The van der Waals surface area contributed by atoms with Crippen molar-refractivity contribution in [3.63, 3.8) is 0 Å². The van der Waals surface area contributed by atoms with Gasteiger partial charge in [-0.2, -0.15) is 26.3 Å². The lowest BCUT2D eigenvalue weighted by Crippen LogP contribution is -2.55. The largest absolute Gasteiger partial charge is 0.438 e. The van der Waals surface area contributed by atoms with Crippen LogP contribution in [0.25, 0.3) is 0 Å². The molecule has 0 aromatic rings. The molecule has 0 heterocycles. The molecule has 4 aliphatic rings. The molecule has 4 aliphatic carbocycles. The highest BCUT2D eigenvalue weighted by atomic mass is 19.4. The molecule has 3 nitrogen and oxygen atoms in total. The number of halogens is 6. The van der Waals surface area contributed by atoms with Crippen LogP contribution in [-0.2, 0) is 0 Å². The van der Waals surface area contributed by atoms with E-state index in [4.69, 9.17) is 0 Å². The van der Waals surface area contributed by atoms with Crippen molar-refractivity contribution in [2.75, 3.05) is 0 Å². The van der Waals surface area contributed by atoms with Gasteiger partial charge in [0, 0.05) is 12.8 Å². The molecule has 4 fully saturated rings. The van der Waals surface area contributed by atoms with Crippen molar-refractivity contribution in [2.24, 2.45) is 22.7 Å². The first-order chi connectivity index (χ1) is 17.0. The van der Waals surface area contributed by atoms with E-state index in [1.165, 1.54) is 5.57 Å². The van der Waals surface area contributed by atoms with Crippen molar-refractivity contribution in [2.45, 2.75) is 101 Å². The normalized spacial score (nSPS) is 36.3. The van der Waals surface area contributed by atoms with E-state index in [9.17, 15) is 41.7 Å². The van der Waals surface area contributed by atoms with Gasteiger partial charge in [0.05, 0.1) is 12.2 Å². The van der Waals surface area contributed by atoms with Crippen molar-refractivity contribution in [3.05, 3.63) is 35.5 Å². The molecule has 9 heteroatoms. The second kappa shape index (κ2) is 9.46. The van der Waals surface area contributed by atoms with Crippen LogP contribution in [0.1, 0.15) is 71.1 Å². The Labute approximate surface area is 213 Å². The Morgan fingerprint density at radius 1 is 1.03 bits per heavy atom. The third kappa shape index (κ3) is 5.02. The third-order valence-corrected chi connectivity index (χ3v) is 9.39. The van der Waals surface area contributed by atoms with Gasteiger partial charge in [0.25, 0.3) is 0 Å². The van der Waals surface area contributed by atoms with Gasteiger partial charge in [0.1, 0.15) is 0 Å². The lowest BCUT2D eigenvalue weighted by atomic mass is 9.59. The summed E-state index contributed by atoms with van der Waals surface area (Å²) >= 11 is 0. The molecule has 0 bridgehead atoms. The maximum absolute atomic E-state index is 13.0. The van der Waals surface area contributed by atoms with Crippen LogP contribution in [0.2, 0.25) is 0 Å². The lowest BCUT2D eigenvalue weighted by Gasteiger charge is -2.45. The molecule has 0 radical (unpaired) electrons. The molecule has 4 rings (SSSR count). The highest BCUT2D eigenvalue weighted by molar-refractivity contribution is 5.39. The van der Waals surface area contributed by atoms with Crippen LogP contribution in [0.15, 0.2) is 35.5 Å². The summed E-state index contributed by atoms with van der Waals surface area (Å²) in [6.45, 7) is 6.13. The maximum atomic E-state index is 13.0. The molecule has 0 amide bonds. The maximum Gasteiger partial charge on any atom is 0.438 e. The number of fused-ring (bicyclic) bond motifs is 1. The number of alkyl halides is 6. The molecule has 0 aromatic heterocycles. The Hall–Kier alpha value is -1.76. The molecular formula is C28H34F6O3. The van der Waals surface area contributed by atoms with Crippen LogP contribution in [0.3, 0.4) is 0 Å². The molecule has 0 spiro atoms. The molecule has 0 aromatic carbocycles. The fourth-order valence-corrected chi connectivity index (χ4v) is 7.17. The van der Waals surface area contributed by atoms with Crippen LogP contribution in [-0.4, -0.2) is 45.5 Å². The number of rotatable bonds is 3. The summed E-state index contributed by atoms with van der Waals surface area (Å²) in [6.07, 6.45) is -2.86. The highest BCUT2D eigenvalue weighted by Crippen LogP contribution is 2.69. The Morgan fingerprint density at radius 3 is 2.27 bits per heavy atom. The zero-order valence-electron chi connectivity index (χ0n) is 20.9. The van der Waals surface area contributed by atoms with E-state index in [-0.39, 0.29) is 30.1 Å². The number of hydrogen-bond donors (Lipinski definition) is 3. The third-order valence-electron chi connectivity index (χ3n) is 9.39. The smallest absolute Gasteiger partial charge is 0.393 e. The topological polar surface area (TPSA) is 60.7 Å². The first-order valence-electron chi connectivity index (χ1n) is 12.8. The van der Waals surface area contributed by atoms with E-state index in [2.05, 4.69) is 25.5 Å². The van der Waals surface area contributed by atoms with E-state index in [1.807, 2.05) is 6.08 Å². The standard InChI is InChI=1S/C28H34F6O3/c1-17-19(15-20(35)16-22(17)36)7-6-18-5-3-10-24(2)21(18)8-9-23(24)25(13-14-25)11-4-12-26(37,27(29,30)31)28(32,33)34/h6-7,20-23,35-37H,1,3,5,8-11,13-16H2,2H3/t20-,21+,22+,23+,24+/m1/s1. The van der Waals surface area contributed by atoms with Crippen LogP contribution in [0.5, 0.6) is 0 Å². The van der Waals surface area contributed by atoms with E-state index >= 15 is 0 Å². The molecule has 37 heavy (non-hydrogen) atoms. The predicted octanol–water partition coefficient (Wildman–Crippen LogP) is 6.16.